The van der Waals surface area contributed by atoms with Crippen molar-refractivity contribution in [1.82, 2.24) is 0 Å². The molecule has 0 radical (unpaired) electrons. The van der Waals surface area contributed by atoms with Crippen LogP contribution in [0.3, 0.4) is 0 Å². The Morgan fingerprint density at radius 2 is 1.93 bits per heavy atom. The Morgan fingerprint density at radius 3 is 2.56 bits per heavy atom. The molecule has 1 aliphatic heterocycles. The highest BCUT2D eigenvalue weighted by Gasteiger charge is 2.29. The molecule has 1 saturated heterocycles. The van der Waals surface area contributed by atoms with Crippen LogP contribution in [0.1, 0.15) is 12.0 Å². The van der Waals surface area contributed by atoms with E-state index in [-0.39, 0.29) is 22.0 Å². The molecule has 0 unspecified atom stereocenters. The summed E-state index contributed by atoms with van der Waals surface area (Å²) in [5.74, 6) is 0.0512. The molecule has 0 amide bonds. The van der Waals surface area contributed by atoms with Crippen molar-refractivity contribution in [3.8, 4) is 0 Å². The fourth-order valence-corrected chi connectivity index (χ4v) is 5.49. The van der Waals surface area contributed by atoms with Crippen LogP contribution in [0, 0.1) is 17.0 Å². The van der Waals surface area contributed by atoms with Gasteiger partial charge in [0.15, 0.2) is 0 Å². The van der Waals surface area contributed by atoms with Crippen LogP contribution in [0.2, 0.25) is 0 Å². The van der Waals surface area contributed by atoms with Crippen LogP contribution in [-0.4, -0.2) is 34.1 Å². The van der Waals surface area contributed by atoms with Crippen LogP contribution in [0.25, 0.3) is 0 Å². The number of nitro groups is 1. The summed E-state index contributed by atoms with van der Waals surface area (Å²) in [5, 5.41) is 10.9. The molecule has 1 N–H and O–H groups in total. The van der Waals surface area contributed by atoms with Gasteiger partial charge in [-0.15, -0.1) is 0 Å². The van der Waals surface area contributed by atoms with Gasteiger partial charge in [-0.25, -0.2) is 16.8 Å². The molecule has 0 spiro atoms. The molecule has 0 aliphatic carbocycles. The Morgan fingerprint density at radius 1 is 1.19 bits per heavy atom. The predicted molar refractivity (Wildman–Crippen MR) is 101 cm³/mol. The van der Waals surface area contributed by atoms with E-state index in [1.54, 1.807) is 19.1 Å². The minimum absolute atomic E-state index is 0.0512. The molecular weight excluding hydrogens is 394 g/mol. The van der Waals surface area contributed by atoms with Crippen molar-refractivity contribution in [1.29, 1.82) is 0 Å². The zero-order valence-electron chi connectivity index (χ0n) is 14.3. The molecule has 1 heterocycles. The molecule has 3 rings (SSSR count). The molecule has 2 aromatic carbocycles. The minimum atomic E-state index is -4.08. The Hall–Kier alpha value is -2.66. The van der Waals surface area contributed by atoms with Crippen LogP contribution < -0.4 is 9.03 Å². The summed E-state index contributed by atoms with van der Waals surface area (Å²) in [4.78, 5) is 9.94. The van der Waals surface area contributed by atoms with Crippen LogP contribution >= 0.6 is 0 Å². The zero-order valence-corrected chi connectivity index (χ0v) is 16.0. The average molecular weight is 411 g/mol. The van der Waals surface area contributed by atoms with Gasteiger partial charge in [-0.05, 0) is 37.1 Å². The lowest BCUT2D eigenvalue weighted by molar-refractivity contribution is -0.385. The maximum absolute atomic E-state index is 12.6. The summed E-state index contributed by atoms with van der Waals surface area (Å²) in [6.07, 6.45) is 0.505. The highest BCUT2D eigenvalue weighted by atomic mass is 32.2. The number of nitro benzene ring substituents is 1. The first-order valence-electron chi connectivity index (χ1n) is 7.98. The van der Waals surface area contributed by atoms with E-state index in [9.17, 15) is 26.9 Å². The number of non-ortho nitro benzene ring substituents is 1. The SMILES string of the molecule is Cc1ccc(N2CCCS2(=O)=O)cc1NS(=O)(=O)c1cccc([N+](=O)[O-])c1. The number of sulfonamides is 2. The molecule has 144 valence electrons. The average Bonchev–Trinajstić information content (AvgIpc) is 2.96. The Kier molecular flexibility index (Phi) is 4.82. The molecule has 0 bridgehead atoms. The lowest BCUT2D eigenvalue weighted by atomic mass is 10.2. The molecule has 1 aliphatic rings. The molecule has 27 heavy (non-hydrogen) atoms. The van der Waals surface area contributed by atoms with Gasteiger partial charge < -0.3 is 0 Å². The highest BCUT2D eigenvalue weighted by Crippen LogP contribution is 2.30. The number of anilines is 2. The topological polar surface area (TPSA) is 127 Å². The number of rotatable bonds is 5. The van der Waals surface area contributed by atoms with Gasteiger partial charge in [0.05, 0.1) is 26.9 Å². The van der Waals surface area contributed by atoms with Gasteiger partial charge in [0, 0.05) is 18.7 Å². The number of nitrogens with zero attached hydrogens (tertiary/aromatic N) is 2. The number of nitrogens with one attached hydrogen (secondary N) is 1. The Bertz CT molecular complexity index is 1110. The Balaban J connectivity index is 1.96. The van der Waals surface area contributed by atoms with E-state index in [4.69, 9.17) is 0 Å². The van der Waals surface area contributed by atoms with Gasteiger partial charge in [-0.1, -0.05) is 12.1 Å². The molecular formula is C16H17N3O6S2. The van der Waals surface area contributed by atoms with Crippen molar-refractivity contribution in [3.05, 3.63) is 58.1 Å². The molecule has 0 saturated carbocycles. The second-order valence-corrected chi connectivity index (χ2v) is 9.80. The van der Waals surface area contributed by atoms with Crippen molar-refractivity contribution < 1.29 is 21.8 Å². The highest BCUT2D eigenvalue weighted by molar-refractivity contribution is 7.93. The summed E-state index contributed by atoms with van der Waals surface area (Å²) in [7, 11) is -7.48. The fraction of sp³-hybridized carbons (Fsp3) is 0.250. The number of aryl methyl sites for hydroxylation is 1. The minimum Gasteiger partial charge on any atom is -0.279 e. The fourth-order valence-electron chi connectivity index (χ4n) is 2.77. The predicted octanol–water partition coefficient (Wildman–Crippen LogP) is 2.24. The van der Waals surface area contributed by atoms with Crippen molar-refractivity contribution in [2.75, 3.05) is 21.3 Å². The summed E-state index contributed by atoms with van der Waals surface area (Å²) in [5.41, 5.74) is 0.826. The molecule has 2 aromatic rings. The van der Waals surface area contributed by atoms with E-state index in [0.29, 0.717) is 24.2 Å². The molecule has 0 atom stereocenters. The molecule has 11 heteroatoms. The third-order valence-electron chi connectivity index (χ3n) is 4.19. The number of hydrogen-bond acceptors (Lipinski definition) is 6. The lowest BCUT2D eigenvalue weighted by Crippen LogP contribution is -2.25. The van der Waals surface area contributed by atoms with Crippen molar-refractivity contribution in [3.63, 3.8) is 0 Å². The van der Waals surface area contributed by atoms with Crippen LogP contribution in [0.4, 0.5) is 17.1 Å². The van der Waals surface area contributed by atoms with E-state index in [1.807, 2.05) is 0 Å². The van der Waals surface area contributed by atoms with E-state index in [0.717, 1.165) is 6.07 Å². The van der Waals surface area contributed by atoms with Gasteiger partial charge in [0.1, 0.15) is 0 Å². The standard InChI is InChI=1S/C16H17N3O6S2/c1-12-6-7-13(18-8-3-9-26(18,22)23)11-16(12)17-27(24,25)15-5-2-4-14(10-15)19(20)21/h2,4-7,10-11,17H,3,8-9H2,1H3. The second-order valence-electron chi connectivity index (χ2n) is 6.10. The van der Waals surface area contributed by atoms with Gasteiger partial charge in [-0.3, -0.25) is 19.1 Å². The molecule has 9 nitrogen and oxygen atoms in total. The third-order valence-corrected chi connectivity index (χ3v) is 7.42. The summed E-state index contributed by atoms with van der Waals surface area (Å²) >= 11 is 0. The van der Waals surface area contributed by atoms with Crippen LogP contribution in [-0.2, 0) is 20.0 Å². The summed E-state index contributed by atoms with van der Waals surface area (Å²) in [6.45, 7) is 2.01. The monoisotopic (exact) mass is 411 g/mol. The third kappa shape index (κ3) is 3.88. The second kappa shape index (κ2) is 6.82. The van der Waals surface area contributed by atoms with Crippen LogP contribution in [0.15, 0.2) is 47.4 Å². The summed E-state index contributed by atoms with van der Waals surface area (Å²) in [6, 6.07) is 9.38. The van der Waals surface area contributed by atoms with Gasteiger partial charge in [0.25, 0.3) is 15.7 Å². The zero-order chi connectivity index (χ0) is 19.8. The molecule has 1 fully saturated rings. The number of hydrogen-bond donors (Lipinski definition) is 1. The molecule has 0 aromatic heterocycles. The van der Waals surface area contributed by atoms with E-state index < -0.39 is 25.0 Å². The van der Waals surface area contributed by atoms with Crippen molar-refractivity contribution in [2.45, 2.75) is 18.2 Å². The van der Waals surface area contributed by atoms with Gasteiger partial charge in [-0.2, -0.15) is 0 Å². The first-order chi connectivity index (χ1) is 12.6. The van der Waals surface area contributed by atoms with Gasteiger partial charge in [0.2, 0.25) is 10.0 Å². The maximum atomic E-state index is 12.6. The van der Waals surface area contributed by atoms with Gasteiger partial charge >= 0.3 is 0 Å². The first-order valence-corrected chi connectivity index (χ1v) is 11.1. The Labute approximate surface area is 156 Å². The summed E-state index contributed by atoms with van der Waals surface area (Å²) < 4.78 is 53.1. The van der Waals surface area contributed by atoms with Crippen LogP contribution in [0.5, 0.6) is 0 Å². The van der Waals surface area contributed by atoms with Crippen molar-refractivity contribution >= 4 is 37.1 Å². The smallest absolute Gasteiger partial charge is 0.270 e. The van der Waals surface area contributed by atoms with Crippen molar-refractivity contribution in [2.24, 2.45) is 0 Å². The van der Waals surface area contributed by atoms with E-state index in [1.165, 1.54) is 28.6 Å². The number of benzene rings is 2. The quantitative estimate of drug-likeness (QED) is 0.594. The first kappa shape index (κ1) is 19.1. The van der Waals surface area contributed by atoms with E-state index in [2.05, 4.69) is 4.72 Å². The maximum Gasteiger partial charge on any atom is 0.270 e. The largest absolute Gasteiger partial charge is 0.279 e. The lowest BCUT2D eigenvalue weighted by Gasteiger charge is -2.19. The normalized spacial score (nSPS) is 16.3. The van der Waals surface area contributed by atoms with E-state index >= 15 is 0 Å².